The van der Waals surface area contributed by atoms with Gasteiger partial charge in [0.2, 0.25) is 17.6 Å². The van der Waals surface area contributed by atoms with Crippen LogP contribution in [0.15, 0.2) is 30.7 Å². The predicted molar refractivity (Wildman–Crippen MR) is 157 cm³/mol. The lowest BCUT2D eigenvalue weighted by molar-refractivity contribution is -0.121. The Morgan fingerprint density at radius 1 is 0.762 bits per heavy atom. The van der Waals surface area contributed by atoms with Crippen LogP contribution in [0.2, 0.25) is 0 Å². The maximum atomic E-state index is 12.9. The molecule has 5 amide bonds. The zero-order chi connectivity index (χ0) is 31.0. The number of amides is 5. The first-order chi connectivity index (χ1) is 19.8. The molecule has 226 valence electrons. The highest BCUT2D eigenvalue weighted by atomic mass is 16.2. The fourth-order valence-corrected chi connectivity index (χ4v) is 4.12. The van der Waals surface area contributed by atoms with E-state index in [-0.39, 0.29) is 48.0 Å². The SMILES string of the molecule is CC(=O)Nc1cc(C(=O)Nc2cn(C)c(C(=O)Nc3cc(C(=O)NCCC(=O)NCCCN(C)C)n(C)c3)n2)n(C)c1. The van der Waals surface area contributed by atoms with Crippen LogP contribution in [0.4, 0.5) is 17.2 Å². The Hall–Kier alpha value is -4.92. The lowest BCUT2D eigenvalue weighted by atomic mass is 10.3. The van der Waals surface area contributed by atoms with Gasteiger partial charge in [0.05, 0.1) is 11.4 Å². The first-order valence-corrected chi connectivity index (χ1v) is 13.3. The lowest BCUT2D eigenvalue weighted by Crippen LogP contribution is -2.32. The minimum atomic E-state index is -0.548. The first-order valence-electron chi connectivity index (χ1n) is 13.3. The molecule has 0 radical (unpaired) electrons. The Kier molecular flexibility index (Phi) is 10.6. The number of rotatable bonds is 13. The van der Waals surface area contributed by atoms with Gasteiger partial charge in [0.1, 0.15) is 11.4 Å². The summed E-state index contributed by atoms with van der Waals surface area (Å²) in [6, 6.07) is 3.04. The molecule has 0 bridgehead atoms. The number of anilines is 3. The number of nitrogens with one attached hydrogen (secondary N) is 5. The van der Waals surface area contributed by atoms with E-state index >= 15 is 0 Å². The van der Waals surface area contributed by atoms with Gasteiger partial charge in [-0.25, -0.2) is 4.98 Å². The summed E-state index contributed by atoms with van der Waals surface area (Å²) < 4.78 is 4.58. The van der Waals surface area contributed by atoms with Crippen molar-refractivity contribution in [1.29, 1.82) is 0 Å². The third-order valence-electron chi connectivity index (χ3n) is 6.12. The molecule has 42 heavy (non-hydrogen) atoms. The van der Waals surface area contributed by atoms with Crippen molar-refractivity contribution < 1.29 is 24.0 Å². The maximum absolute atomic E-state index is 12.9. The van der Waals surface area contributed by atoms with Gasteiger partial charge in [-0.3, -0.25) is 24.0 Å². The number of imidazole rings is 1. The zero-order valence-electron chi connectivity index (χ0n) is 24.7. The van der Waals surface area contributed by atoms with E-state index < -0.39 is 11.8 Å². The van der Waals surface area contributed by atoms with Crippen molar-refractivity contribution in [2.45, 2.75) is 19.8 Å². The highest BCUT2D eigenvalue weighted by Crippen LogP contribution is 2.17. The van der Waals surface area contributed by atoms with Crippen molar-refractivity contribution in [1.82, 2.24) is 34.2 Å². The van der Waals surface area contributed by atoms with Crippen LogP contribution in [-0.2, 0) is 30.7 Å². The second kappa shape index (κ2) is 14.1. The Morgan fingerprint density at radius 3 is 2.00 bits per heavy atom. The van der Waals surface area contributed by atoms with Gasteiger partial charge in [-0.2, -0.15) is 0 Å². The van der Waals surface area contributed by atoms with E-state index in [1.165, 1.54) is 29.8 Å². The summed E-state index contributed by atoms with van der Waals surface area (Å²) in [7, 11) is 8.87. The number of aryl methyl sites for hydroxylation is 3. The molecule has 0 saturated heterocycles. The highest BCUT2D eigenvalue weighted by Gasteiger charge is 2.20. The number of hydrogen-bond donors (Lipinski definition) is 5. The van der Waals surface area contributed by atoms with E-state index in [1.54, 1.807) is 42.7 Å². The largest absolute Gasteiger partial charge is 0.356 e. The zero-order valence-corrected chi connectivity index (χ0v) is 24.7. The Labute approximate surface area is 243 Å². The van der Waals surface area contributed by atoms with Crippen molar-refractivity contribution in [2.75, 3.05) is 49.7 Å². The summed E-state index contributed by atoms with van der Waals surface area (Å²) in [6.45, 7) is 2.99. The Bertz CT molecular complexity index is 1470. The molecule has 0 aliphatic heterocycles. The molecule has 0 aliphatic rings. The summed E-state index contributed by atoms with van der Waals surface area (Å²) in [6.07, 6.45) is 5.67. The molecule has 0 fully saturated rings. The highest BCUT2D eigenvalue weighted by molar-refractivity contribution is 6.06. The third kappa shape index (κ3) is 8.79. The van der Waals surface area contributed by atoms with E-state index in [4.69, 9.17) is 0 Å². The number of carbonyl (C=O) groups is 5. The van der Waals surface area contributed by atoms with E-state index in [9.17, 15) is 24.0 Å². The monoisotopic (exact) mass is 582 g/mol. The number of aromatic nitrogens is 4. The van der Waals surface area contributed by atoms with Crippen LogP contribution < -0.4 is 26.6 Å². The molecule has 5 N–H and O–H groups in total. The number of nitrogens with zero attached hydrogens (tertiary/aromatic N) is 5. The summed E-state index contributed by atoms with van der Waals surface area (Å²) in [5, 5.41) is 13.5. The topological polar surface area (TPSA) is 176 Å². The molecule has 0 unspecified atom stereocenters. The normalized spacial score (nSPS) is 10.8. The fraction of sp³-hybridized carbons (Fsp3) is 0.407. The van der Waals surface area contributed by atoms with E-state index in [0.29, 0.717) is 23.6 Å². The predicted octanol–water partition coefficient (Wildman–Crippen LogP) is 0.748. The van der Waals surface area contributed by atoms with E-state index in [1.807, 2.05) is 19.0 Å². The lowest BCUT2D eigenvalue weighted by Gasteiger charge is -2.10. The van der Waals surface area contributed by atoms with Crippen molar-refractivity contribution in [3.8, 4) is 0 Å². The fourth-order valence-electron chi connectivity index (χ4n) is 4.12. The molecule has 0 aromatic carbocycles. The number of carbonyl (C=O) groups excluding carboxylic acids is 5. The summed E-state index contributed by atoms with van der Waals surface area (Å²) in [5.74, 6) is -1.62. The van der Waals surface area contributed by atoms with Crippen LogP contribution >= 0.6 is 0 Å². The van der Waals surface area contributed by atoms with Gasteiger partial charge in [-0.05, 0) is 39.2 Å². The molecule has 3 aromatic heterocycles. The van der Waals surface area contributed by atoms with Gasteiger partial charge in [-0.15, -0.1) is 0 Å². The maximum Gasteiger partial charge on any atom is 0.291 e. The average molecular weight is 583 g/mol. The molecule has 3 rings (SSSR count). The van der Waals surface area contributed by atoms with Crippen molar-refractivity contribution in [3.63, 3.8) is 0 Å². The molecular formula is C27H38N10O5. The van der Waals surface area contributed by atoms with Gasteiger partial charge in [0, 0.05) is 66.2 Å². The molecule has 0 spiro atoms. The standard InChI is InChI=1S/C27H38N10O5/c1-17(38)30-18-12-21(36(5)14-18)26(41)33-22-16-37(6)24(32-22)27(42)31-19-13-20(35(4)15-19)25(40)29-10-8-23(39)28-9-7-11-34(2)3/h12-16H,7-11H2,1-6H3,(H,28,39)(H,29,40)(H,30,38)(H,31,42)(H,33,41). The molecule has 15 heteroatoms. The van der Waals surface area contributed by atoms with Crippen LogP contribution in [0, 0.1) is 0 Å². The van der Waals surface area contributed by atoms with Crippen molar-refractivity contribution in [2.24, 2.45) is 21.1 Å². The van der Waals surface area contributed by atoms with Crippen molar-refractivity contribution in [3.05, 3.63) is 47.9 Å². The minimum Gasteiger partial charge on any atom is -0.356 e. The molecule has 3 aromatic rings. The molecule has 0 atom stereocenters. The van der Waals surface area contributed by atoms with Crippen LogP contribution in [0.3, 0.4) is 0 Å². The summed E-state index contributed by atoms with van der Waals surface area (Å²) >= 11 is 0. The minimum absolute atomic E-state index is 0.0302. The Balaban J connectivity index is 1.54. The summed E-state index contributed by atoms with van der Waals surface area (Å²) in [4.78, 5) is 67.9. The molecule has 3 heterocycles. The third-order valence-corrected chi connectivity index (χ3v) is 6.12. The molecule has 15 nitrogen and oxygen atoms in total. The number of hydrogen-bond acceptors (Lipinski definition) is 7. The smallest absolute Gasteiger partial charge is 0.291 e. The second-order valence-electron chi connectivity index (χ2n) is 10.1. The van der Waals surface area contributed by atoms with Gasteiger partial charge < -0.3 is 45.2 Å². The van der Waals surface area contributed by atoms with Crippen LogP contribution in [0.5, 0.6) is 0 Å². The quantitative estimate of drug-likeness (QED) is 0.185. The molecule has 0 aliphatic carbocycles. The second-order valence-corrected chi connectivity index (χ2v) is 10.1. The molecule has 0 saturated carbocycles. The van der Waals surface area contributed by atoms with Gasteiger partial charge >= 0.3 is 0 Å². The van der Waals surface area contributed by atoms with E-state index in [0.717, 1.165) is 13.0 Å². The summed E-state index contributed by atoms with van der Waals surface area (Å²) in [5.41, 5.74) is 1.43. The van der Waals surface area contributed by atoms with Crippen LogP contribution in [-0.4, -0.2) is 86.9 Å². The van der Waals surface area contributed by atoms with Crippen molar-refractivity contribution >= 4 is 46.7 Å². The first kappa shape index (κ1) is 31.6. The average Bonchev–Trinajstić information content (AvgIpc) is 3.56. The van der Waals surface area contributed by atoms with E-state index in [2.05, 4.69) is 31.6 Å². The van der Waals surface area contributed by atoms with Crippen LogP contribution in [0.25, 0.3) is 0 Å². The van der Waals surface area contributed by atoms with Gasteiger partial charge in [0.25, 0.3) is 17.7 Å². The Morgan fingerprint density at radius 2 is 1.38 bits per heavy atom. The molecular weight excluding hydrogens is 544 g/mol. The van der Waals surface area contributed by atoms with Crippen LogP contribution in [0.1, 0.15) is 51.4 Å². The van der Waals surface area contributed by atoms with Gasteiger partial charge in [0.15, 0.2) is 5.82 Å². The van der Waals surface area contributed by atoms with Gasteiger partial charge in [-0.1, -0.05) is 0 Å².